The molecule has 3 heterocycles. The minimum atomic E-state index is -0.152. The lowest BCUT2D eigenvalue weighted by Crippen LogP contribution is -2.47. The number of carbonyl (C=O) groups is 1. The number of anilines is 3. The first-order valence-corrected chi connectivity index (χ1v) is 11.1. The molecule has 4 rings (SSSR count). The highest BCUT2D eigenvalue weighted by molar-refractivity contribution is 6.05. The van der Waals surface area contributed by atoms with Gasteiger partial charge in [0, 0.05) is 44.8 Å². The third-order valence-electron chi connectivity index (χ3n) is 5.83. The molecule has 2 aromatic heterocycles. The molecule has 3 aromatic rings. The Balaban J connectivity index is 1.56. The summed E-state index contributed by atoms with van der Waals surface area (Å²) in [6.07, 6.45) is 5.06. The van der Waals surface area contributed by atoms with Crippen molar-refractivity contribution >= 4 is 23.1 Å². The molecule has 32 heavy (non-hydrogen) atoms. The van der Waals surface area contributed by atoms with Gasteiger partial charge in [0.05, 0.1) is 28.3 Å². The lowest BCUT2D eigenvalue weighted by Gasteiger charge is -2.38. The number of piperazine rings is 1. The normalized spacial score (nSPS) is 14.0. The monoisotopic (exact) mass is 430 g/mol. The van der Waals surface area contributed by atoms with E-state index in [2.05, 4.69) is 51.1 Å². The SMILES string of the molecule is Cc1cnc(C)c(N2CCN(c3cc(C(C)C)ccc3NC(=O)c3cccnc3)CC2)n1. The molecule has 1 aromatic carbocycles. The van der Waals surface area contributed by atoms with Gasteiger partial charge in [0.25, 0.3) is 5.91 Å². The summed E-state index contributed by atoms with van der Waals surface area (Å²) in [6, 6.07) is 9.86. The molecule has 0 spiro atoms. The van der Waals surface area contributed by atoms with E-state index in [1.807, 2.05) is 26.1 Å². The van der Waals surface area contributed by atoms with Crippen LogP contribution in [0.1, 0.15) is 47.1 Å². The van der Waals surface area contributed by atoms with Crippen LogP contribution in [-0.4, -0.2) is 47.0 Å². The number of rotatable bonds is 5. The van der Waals surface area contributed by atoms with Crippen molar-refractivity contribution in [1.29, 1.82) is 0 Å². The molecule has 0 atom stereocenters. The Morgan fingerprint density at radius 2 is 1.78 bits per heavy atom. The van der Waals surface area contributed by atoms with Gasteiger partial charge in [0.15, 0.2) is 0 Å². The second kappa shape index (κ2) is 9.34. The Morgan fingerprint density at radius 3 is 2.47 bits per heavy atom. The summed E-state index contributed by atoms with van der Waals surface area (Å²) >= 11 is 0. The molecule has 1 aliphatic rings. The molecule has 7 heteroatoms. The first kappa shape index (κ1) is 21.7. The van der Waals surface area contributed by atoms with Crippen LogP contribution in [0.3, 0.4) is 0 Å². The third-order valence-corrected chi connectivity index (χ3v) is 5.83. The summed E-state index contributed by atoms with van der Waals surface area (Å²) in [5, 5.41) is 3.09. The fraction of sp³-hybridized carbons (Fsp3) is 0.360. The Kier molecular flexibility index (Phi) is 6.35. The maximum Gasteiger partial charge on any atom is 0.257 e. The van der Waals surface area contributed by atoms with E-state index in [1.165, 1.54) is 5.56 Å². The van der Waals surface area contributed by atoms with E-state index in [-0.39, 0.29) is 5.91 Å². The lowest BCUT2D eigenvalue weighted by atomic mass is 10.0. The molecule has 1 amide bonds. The average molecular weight is 431 g/mol. The van der Waals surface area contributed by atoms with Gasteiger partial charge in [0.2, 0.25) is 0 Å². The number of aromatic nitrogens is 3. The minimum Gasteiger partial charge on any atom is -0.366 e. The van der Waals surface area contributed by atoms with E-state index in [0.717, 1.165) is 54.8 Å². The zero-order valence-electron chi connectivity index (χ0n) is 19.2. The van der Waals surface area contributed by atoms with Crippen LogP contribution < -0.4 is 15.1 Å². The summed E-state index contributed by atoms with van der Waals surface area (Å²) in [6.45, 7) is 11.7. The summed E-state index contributed by atoms with van der Waals surface area (Å²) in [5.74, 6) is 1.22. The van der Waals surface area contributed by atoms with Crippen molar-refractivity contribution in [3.05, 3.63) is 71.4 Å². The van der Waals surface area contributed by atoms with Crippen LogP contribution >= 0.6 is 0 Å². The molecule has 1 aliphatic heterocycles. The fourth-order valence-corrected chi connectivity index (χ4v) is 3.95. The number of hydrogen-bond donors (Lipinski definition) is 1. The quantitative estimate of drug-likeness (QED) is 0.654. The molecule has 0 radical (unpaired) electrons. The van der Waals surface area contributed by atoms with Crippen LogP contribution in [0, 0.1) is 13.8 Å². The van der Waals surface area contributed by atoms with Gasteiger partial charge in [-0.15, -0.1) is 0 Å². The summed E-state index contributed by atoms with van der Waals surface area (Å²) in [4.78, 5) is 30.7. The molecule has 0 unspecified atom stereocenters. The predicted octanol–water partition coefficient (Wildman–Crippen LogP) is 4.19. The summed E-state index contributed by atoms with van der Waals surface area (Å²) in [7, 11) is 0. The van der Waals surface area contributed by atoms with Gasteiger partial charge in [-0.2, -0.15) is 0 Å². The highest BCUT2D eigenvalue weighted by Crippen LogP contribution is 2.32. The fourth-order valence-electron chi connectivity index (χ4n) is 3.95. The smallest absolute Gasteiger partial charge is 0.257 e. The van der Waals surface area contributed by atoms with Crippen molar-refractivity contribution in [3.8, 4) is 0 Å². The number of amides is 1. The van der Waals surface area contributed by atoms with E-state index in [1.54, 1.807) is 24.5 Å². The number of hydrogen-bond acceptors (Lipinski definition) is 6. The minimum absolute atomic E-state index is 0.152. The maximum atomic E-state index is 12.8. The average Bonchev–Trinajstić information content (AvgIpc) is 2.81. The van der Waals surface area contributed by atoms with E-state index in [9.17, 15) is 4.79 Å². The van der Waals surface area contributed by atoms with Gasteiger partial charge < -0.3 is 15.1 Å². The van der Waals surface area contributed by atoms with E-state index in [0.29, 0.717) is 11.5 Å². The topological polar surface area (TPSA) is 74.2 Å². The lowest BCUT2D eigenvalue weighted by molar-refractivity contribution is 0.102. The molecular formula is C25H30N6O. The first-order valence-electron chi connectivity index (χ1n) is 11.1. The zero-order valence-corrected chi connectivity index (χ0v) is 19.2. The zero-order chi connectivity index (χ0) is 22.7. The van der Waals surface area contributed by atoms with Crippen molar-refractivity contribution in [1.82, 2.24) is 15.0 Å². The molecule has 166 valence electrons. The highest BCUT2D eigenvalue weighted by atomic mass is 16.1. The molecule has 1 fully saturated rings. The van der Waals surface area contributed by atoms with Gasteiger partial charge in [-0.25, -0.2) is 4.98 Å². The largest absolute Gasteiger partial charge is 0.366 e. The van der Waals surface area contributed by atoms with Gasteiger partial charge in [-0.3, -0.25) is 14.8 Å². The number of benzene rings is 1. The van der Waals surface area contributed by atoms with Crippen LogP contribution in [0.5, 0.6) is 0 Å². The van der Waals surface area contributed by atoms with Crippen molar-refractivity contribution in [2.75, 3.05) is 41.3 Å². The molecule has 0 aliphatic carbocycles. The van der Waals surface area contributed by atoms with E-state index < -0.39 is 0 Å². The second-order valence-electron chi connectivity index (χ2n) is 8.52. The maximum absolute atomic E-state index is 12.8. The first-order chi connectivity index (χ1) is 15.4. The van der Waals surface area contributed by atoms with Gasteiger partial charge in [0.1, 0.15) is 5.82 Å². The molecule has 1 saturated heterocycles. The Hall–Kier alpha value is -3.48. The van der Waals surface area contributed by atoms with Crippen molar-refractivity contribution in [2.24, 2.45) is 0 Å². The molecule has 1 N–H and O–H groups in total. The Labute approximate surface area is 189 Å². The van der Waals surface area contributed by atoms with Gasteiger partial charge in [-0.1, -0.05) is 19.9 Å². The van der Waals surface area contributed by atoms with Crippen molar-refractivity contribution in [2.45, 2.75) is 33.6 Å². The van der Waals surface area contributed by atoms with Crippen LogP contribution in [0.2, 0.25) is 0 Å². The Morgan fingerprint density at radius 1 is 1.03 bits per heavy atom. The van der Waals surface area contributed by atoms with Crippen molar-refractivity contribution in [3.63, 3.8) is 0 Å². The molecule has 7 nitrogen and oxygen atoms in total. The third kappa shape index (κ3) is 4.72. The van der Waals surface area contributed by atoms with Gasteiger partial charge in [-0.05, 0) is 49.6 Å². The number of pyridine rings is 1. The molecule has 0 saturated carbocycles. The number of nitrogens with zero attached hydrogens (tertiary/aromatic N) is 5. The number of aryl methyl sites for hydroxylation is 2. The van der Waals surface area contributed by atoms with Crippen LogP contribution in [0.4, 0.5) is 17.2 Å². The van der Waals surface area contributed by atoms with Crippen LogP contribution in [-0.2, 0) is 0 Å². The number of carbonyl (C=O) groups excluding carboxylic acids is 1. The second-order valence-corrected chi connectivity index (χ2v) is 8.52. The Bertz CT molecular complexity index is 1090. The van der Waals surface area contributed by atoms with E-state index >= 15 is 0 Å². The standard InChI is InChI=1S/C25H30N6O/c1-17(2)20-7-8-22(29-25(32)21-6-5-9-26-16-21)23(14-20)30-10-12-31(13-11-30)24-19(4)27-15-18(3)28-24/h5-9,14-17H,10-13H2,1-4H3,(H,29,32). The van der Waals surface area contributed by atoms with E-state index in [4.69, 9.17) is 4.98 Å². The summed E-state index contributed by atoms with van der Waals surface area (Å²) < 4.78 is 0. The number of nitrogens with one attached hydrogen (secondary N) is 1. The molecule has 0 bridgehead atoms. The van der Waals surface area contributed by atoms with Gasteiger partial charge >= 0.3 is 0 Å². The van der Waals surface area contributed by atoms with Crippen LogP contribution in [0.15, 0.2) is 48.9 Å². The molecular weight excluding hydrogens is 400 g/mol. The van der Waals surface area contributed by atoms with Crippen molar-refractivity contribution < 1.29 is 4.79 Å². The predicted molar refractivity (Wildman–Crippen MR) is 129 cm³/mol. The van der Waals surface area contributed by atoms with Crippen LogP contribution in [0.25, 0.3) is 0 Å². The summed E-state index contributed by atoms with van der Waals surface area (Å²) in [5.41, 5.74) is 5.56. The highest BCUT2D eigenvalue weighted by Gasteiger charge is 2.23.